The van der Waals surface area contributed by atoms with Crippen molar-refractivity contribution < 1.29 is 4.74 Å². The van der Waals surface area contributed by atoms with Gasteiger partial charge in [-0.2, -0.15) is 4.98 Å². The lowest BCUT2D eigenvalue weighted by Crippen LogP contribution is -1.90. The number of ether oxygens (including phenoxy) is 1. The van der Waals surface area contributed by atoms with Gasteiger partial charge < -0.3 is 15.5 Å². The first-order chi connectivity index (χ1) is 6.75. The number of nitrogens with one attached hydrogen (secondary N) is 1. The number of rotatable bonds is 2. The molecule has 0 amide bonds. The third kappa shape index (κ3) is 1.66. The van der Waals surface area contributed by atoms with Gasteiger partial charge >= 0.3 is 0 Å². The average Bonchev–Trinajstić information content (AvgIpc) is 2.47. The van der Waals surface area contributed by atoms with Crippen molar-refractivity contribution in [1.29, 1.82) is 0 Å². The smallest absolute Gasteiger partial charge is 0.262 e. The molecule has 5 nitrogen and oxygen atoms in total. The van der Waals surface area contributed by atoms with Crippen molar-refractivity contribution in [3.63, 3.8) is 0 Å². The van der Waals surface area contributed by atoms with Crippen LogP contribution in [0.5, 0.6) is 11.6 Å². The summed E-state index contributed by atoms with van der Waals surface area (Å²) in [6.07, 6.45) is 3.27. The maximum absolute atomic E-state index is 5.63. The van der Waals surface area contributed by atoms with Crippen molar-refractivity contribution >= 4 is 5.82 Å². The monoisotopic (exact) mass is 190 g/mol. The molecule has 0 atom stereocenters. The fourth-order valence-electron chi connectivity index (χ4n) is 1.09. The standard InChI is InChI=1S/C9H10N4O/c1-6-12-8(10)9(13-6)14-7-3-2-4-11-5-7/h2-5H,10H2,1H3,(H,12,13). The summed E-state index contributed by atoms with van der Waals surface area (Å²) in [6.45, 7) is 1.81. The van der Waals surface area contributed by atoms with Crippen molar-refractivity contribution in [2.45, 2.75) is 6.92 Å². The van der Waals surface area contributed by atoms with Crippen molar-refractivity contribution in [2.75, 3.05) is 5.73 Å². The molecular weight excluding hydrogens is 180 g/mol. The summed E-state index contributed by atoms with van der Waals surface area (Å²) >= 11 is 0. The molecular formula is C9H10N4O. The van der Waals surface area contributed by atoms with E-state index in [0.717, 1.165) is 5.82 Å². The molecule has 0 fully saturated rings. The van der Waals surface area contributed by atoms with E-state index in [1.54, 1.807) is 24.5 Å². The average molecular weight is 190 g/mol. The highest BCUT2D eigenvalue weighted by molar-refractivity contribution is 5.43. The molecule has 0 aromatic carbocycles. The summed E-state index contributed by atoms with van der Waals surface area (Å²) in [5.74, 6) is 2.15. The Kier molecular flexibility index (Phi) is 2.06. The quantitative estimate of drug-likeness (QED) is 0.752. The summed E-state index contributed by atoms with van der Waals surface area (Å²) in [5, 5.41) is 0. The van der Waals surface area contributed by atoms with Crippen molar-refractivity contribution in [3.8, 4) is 11.6 Å². The number of pyridine rings is 1. The molecule has 72 valence electrons. The van der Waals surface area contributed by atoms with E-state index in [2.05, 4.69) is 15.0 Å². The first kappa shape index (κ1) is 8.55. The Morgan fingerprint density at radius 1 is 1.50 bits per heavy atom. The predicted molar refractivity (Wildman–Crippen MR) is 52.0 cm³/mol. The van der Waals surface area contributed by atoms with E-state index in [0.29, 0.717) is 17.4 Å². The van der Waals surface area contributed by atoms with E-state index in [1.807, 2.05) is 6.92 Å². The molecule has 2 heterocycles. The van der Waals surface area contributed by atoms with E-state index < -0.39 is 0 Å². The lowest BCUT2D eigenvalue weighted by atomic mass is 10.5. The molecule has 5 heteroatoms. The zero-order valence-electron chi connectivity index (χ0n) is 7.69. The van der Waals surface area contributed by atoms with Crippen LogP contribution in [-0.4, -0.2) is 15.0 Å². The molecule has 0 unspecified atom stereocenters. The van der Waals surface area contributed by atoms with Crippen LogP contribution in [0.15, 0.2) is 24.5 Å². The largest absolute Gasteiger partial charge is 0.434 e. The second-order valence-corrected chi connectivity index (χ2v) is 2.83. The van der Waals surface area contributed by atoms with Gasteiger partial charge in [0, 0.05) is 6.20 Å². The van der Waals surface area contributed by atoms with Gasteiger partial charge in [0.2, 0.25) is 0 Å². The van der Waals surface area contributed by atoms with Crippen LogP contribution >= 0.6 is 0 Å². The number of hydrogen-bond donors (Lipinski definition) is 2. The van der Waals surface area contributed by atoms with Gasteiger partial charge in [0.05, 0.1) is 6.20 Å². The first-order valence-electron chi connectivity index (χ1n) is 4.15. The molecule has 2 aromatic heterocycles. The van der Waals surface area contributed by atoms with Crippen molar-refractivity contribution in [3.05, 3.63) is 30.4 Å². The number of nitrogens with zero attached hydrogens (tertiary/aromatic N) is 2. The molecule has 0 aliphatic heterocycles. The minimum atomic E-state index is 0.385. The highest BCUT2D eigenvalue weighted by atomic mass is 16.5. The van der Waals surface area contributed by atoms with Crippen LogP contribution < -0.4 is 10.5 Å². The highest BCUT2D eigenvalue weighted by Crippen LogP contribution is 2.23. The van der Waals surface area contributed by atoms with Crippen LogP contribution in [0.25, 0.3) is 0 Å². The van der Waals surface area contributed by atoms with E-state index in [9.17, 15) is 0 Å². The number of nitrogen functional groups attached to an aromatic ring is 1. The summed E-state index contributed by atoms with van der Waals surface area (Å²) in [5.41, 5.74) is 5.63. The van der Waals surface area contributed by atoms with E-state index >= 15 is 0 Å². The maximum atomic E-state index is 5.63. The SMILES string of the molecule is Cc1nc(Oc2cccnc2)c(N)[nH]1. The van der Waals surface area contributed by atoms with Gasteiger partial charge in [-0.15, -0.1) is 0 Å². The Balaban J connectivity index is 2.23. The Morgan fingerprint density at radius 2 is 2.36 bits per heavy atom. The molecule has 0 saturated carbocycles. The van der Waals surface area contributed by atoms with Gasteiger partial charge in [-0.25, -0.2) is 0 Å². The lowest BCUT2D eigenvalue weighted by Gasteiger charge is -2.00. The topological polar surface area (TPSA) is 76.8 Å². The van der Waals surface area contributed by atoms with E-state index in [-0.39, 0.29) is 0 Å². The highest BCUT2D eigenvalue weighted by Gasteiger charge is 2.06. The van der Waals surface area contributed by atoms with Crippen molar-refractivity contribution in [2.24, 2.45) is 0 Å². The van der Waals surface area contributed by atoms with Gasteiger partial charge in [0.15, 0.2) is 5.82 Å². The third-order valence-electron chi connectivity index (χ3n) is 1.66. The maximum Gasteiger partial charge on any atom is 0.262 e. The number of H-pyrrole nitrogens is 1. The normalized spacial score (nSPS) is 10.1. The van der Waals surface area contributed by atoms with Gasteiger partial charge in [0.25, 0.3) is 5.88 Å². The number of aromatic amines is 1. The summed E-state index contributed by atoms with van der Waals surface area (Å²) in [7, 11) is 0. The molecule has 0 saturated heterocycles. The molecule has 0 radical (unpaired) electrons. The van der Waals surface area contributed by atoms with Crippen LogP contribution in [0.2, 0.25) is 0 Å². The molecule has 2 rings (SSSR count). The van der Waals surface area contributed by atoms with Gasteiger partial charge in [0.1, 0.15) is 11.6 Å². The first-order valence-corrected chi connectivity index (χ1v) is 4.15. The minimum Gasteiger partial charge on any atom is -0.434 e. The lowest BCUT2D eigenvalue weighted by molar-refractivity contribution is 0.465. The number of aromatic nitrogens is 3. The number of aryl methyl sites for hydroxylation is 1. The summed E-state index contributed by atoms with van der Waals surface area (Å²) in [4.78, 5) is 10.8. The zero-order chi connectivity index (χ0) is 9.97. The molecule has 0 bridgehead atoms. The Hall–Kier alpha value is -2.04. The molecule has 0 aliphatic rings. The Labute approximate surface area is 81.0 Å². The van der Waals surface area contributed by atoms with Crippen LogP contribution in [0.3, 0.4) is 0 Å². The minimum absolute atomic E-state index is 0.385. The fraction of sp³-hybridized carbons (Fsp3) is 0.111. The summed E-state index contributed by atoms with van der Waals surface area (Å²) < 4.78 is 5.40. The molecule has 2 aromatic rings. The number of imidazole rings is 1. The predicted octanol–water partition coefficient (Wildman–Crippen LogP) is 1.49. The molecule has 0 spiro atoms. The van der Waals surface area contributed by atoms with Gasteiger partial charge in [-0.05, 0) is 19.1 Å². The summed E-state index contributed by atoms with van der Waals surface area (Å²) in [6, 6.07) is 3.57. The Bertz CT molecular complexity index is 424. The molecule has 14 heavy (non-hydrogen) atoms. The third-order valence-corrected chi connectivity index (χ3v) is 1.66. The number of nitrogens with two attached hydrogens (primary N) is 1. The fourth-order valence-corrected chi connectivity index (χ4v) is 1.09. The van der Waals surface area contributed by atoms with Crippen molar-refractivity contribution in [1.82, 2.24) is 15.0 Å². The zero-order valence-corrected chi connectivity index (χ0v) is 7.69. The van der Waals surface area contributed by atoms with Crippen LogP contribution in [-0.2, 0) is 0 Å². The van der Waals surface area contributed by atoms with Crippen LogP contribution in [0.4, 0.5) is 5.82 Å². The van der Waals surface area contributed by atoms with Crippen LogP contribution in [0, 0.1) is 6.92 Å². The second-order valence-electron chi connectivity index (χ2n) is 2.83. The Morgan fingerprint density at radius 3 is 2.93 bits per heavy atom. The van der Waals surface area contributed by atoms with E-state index in [4.69, 9.17) is 10.5 Å². The van der Waals surface area contributed by atoms with E-state index in [1.165, 1.54) is 0 Å². The molecule has 0 aliphatic carbocycles. The molecule has 3 N–H and O–H groups in total. The second kappa shape index (κ2) is 3.37. The van der Waals surface area contributed by atoms with Gasteiger partial charge in [-0.3, -0.25) is 4.98 Å². The number of anilines is 1. The van der Waals surface area contributed by atoms with Gasteiger partial charge in [-0.1, -0.05) is 0 Å². The number of hydrogen-bond acceptors (Lipinski definition) is 4. The van der Waals surface area contributed by atoms with Crippen LogP contribution in [0.1, 0.15) is 5.82 Å².